The molecule has 1 aliphatic carbocycles. The number of fused-ring (bicyclic) bond motifs is 3. The molecule has 0 saturated carbocycles. The minimum Gasteiger partial charge on any atom is -0.496 e. The predicted molar refractivity (Wildman–Crippen MR) is 148 cm³/mol. The van der Waals surface area contributed by atoms with Crippen LogP contribution >= 0.6 is 0 Å². The summed E-state index contributed by atoms with van der Waals surface area (Å²) in [5, 5.41) is 5.26. The highest BCUT2D eigenvalue weighted by Gasteiger charge is 2.31. The van der Waals surface area contributed by atoms with Crippen molar-refractivity contribution in [1.29, 1.82) is 0 Å². The molecule has 1 aliphatic rings. The summed E-state index contributed by atoms with van der Waals surface area (Å²) in [6, 6.07) is 20.1. The SMILES string of the molecule is CNC(=O)c1ccc(CC(NC(=O)OCC2c3ccccc3-c3ccccc32)C(=O)OC(C)(C)C)cc1OC. The molecule has 0 heterocycles. The lowest BCUT2D eigenvalue weighted by Gasteiger charge is -2.25. The van der Waals surface area contributed by atoms with E-state index in [1.54, 1.807) is 39.0 Å². The van der Waals surface area contributed by atoms with Crippen LogP contribution in [0.15, 0.2) is 66.7 Å². The number of carbonyl (C=O) groups excluding carboxylic acids is 3. The van der Waals surface area contributed by atoms with E-state index in [0.29, 0.717) is 16.9 Å². The van der Waals surface area contributed by atoms with Gasteiger partial charge in [-0.1, -0.05) is 54.6 Å². The molecule has 1 atom stereocenters. The van der Waals surface area contributed by atoms with Crippen molar-refractivity contribution < 1.29 is 28.6 Å². The number of hydrogen-bond donors (Lipinski definition) is 2. The Morgan fingerprint density at radius 1 is 0.923 bits per heavy atom. The van der Waals surface area contributed by atoms with Crippen LogP contribution in [-0.2, 0) is 20.7 Å². The fraction of sp³-hybridized carbons (Fsp3) is 0.323. The van der Waals surface area contributed by atoms with Gasteiger partial charge in [-0.15, -0.1) is 0 Å². The maximum absolute atomic E-state index is 13.1. The number of hydrogen-bond acceptors (Lipinski definition) is 6. The van der Waals surface area contributed by atoms with Gasteiger partial charge >= 0.3 is 12.1 Å². The Bertz CT molecular complexity index is 1330. The van der Waals surface area contributed by atoms with Gasteiger partial charge in [0.05, 0.1) is 12.7 Å². The number of ether oxygens (including phenoxy) is 3. The smallest absolute Gasteiger partial charge is 0.407 e. The van der Waals surface area contributed by atoms with Crippen LogP contribution in [0.3, 0.4) is 0 Å². The summed E-state index contributed by atoms with van der Waals surface area (Å²) in [6.45, 7) is 5.40. The quantitative estimate of drug-likeness (QED) is 0.404. The fourth-order valence-electron chi connectivity index (χ4n) is 4.77. The highest BCUT2D eigenvalue weighted by Crippen LogP contribution is 2.44. The molecule has 0 saturated heterocycles. The number of nitrogens with one attached hydrogen (secondary N) is 2. The van der Waals surface area contributed by atoms with E-state index in [2.05, 4.69) is 22.8 Å². The van der Waals surface area contributed by atoms with E-state index < -0.39 is 23.7 Å². The molecule has 3 aromatic rings. The number of rotatable bonds is 8. The number of carbonyl (C=O) groups is 3. The summed E-state index contributed by atoms with van der Waals surface area (Å²) in [7, 11) is 3.00. The van der Waals surface area contributed by atoms with E-state index in [1.165, 1.54) is 14.2 Å². The van der Waals surface area contributed by atoms with E-state index in [9.17, 15) is 14.4 Å². The molecule has 3 aromatic carbocycles. The lowest BCUT2D eigenvalue weighted by atomic mass is 9.98. The maximum atomic E-state index is 13.1. The Kier molecular flexibility index (Phi) is 8.24. The summed E-state index contributed by atoms with van der Waals surface area (Å²) in [5.41, 5.74) is 4.73. The Balaban J connectivity index is 1.50. The molecule has 0 aromatic heterocycles. The molecular weight excluding hydrogens is 496 g/mol. The molecular formula is C31H34N2O6. The standard InChI is InChI=1S/C31H34N2O6/c1-31(2,3)39-29(35)26(16-19-14-15-24(28(34)32-4)27(17-19)37-5)33-30(36)38-18-25-22-12-8-6-10-20(22)21-11-7-9-13-23(21)25/h6-15,17,25-26H,16,18H2,1-5H3,(H,32,34)(H,33,36). The zero-order valence-corrected chi connectivity index (χ0v) is 22.9. The van der Waals surface area contributed by atoms with Gasteiger partial charge in [0.15, 0.2) is 0 Å². The van der Waals surface area contributed by atoms with Gasteiger partial charge in [0, 0.05) is 19.4 Å². The molecule has 0 radical (unpaired) electrons. The maximum Gasteiger partial charge on any atom is 0.407 e. The number of esters is 1. The third-order valence-electron chi connectivity index (χ3n) is 6.50. The largest absolute Gasteiger partial charge is 0.496 e. The minimum absolute atomic E-state index is 0.107. The monoisotopic (exact) mass is 530 g/mol. The van der Waals surface area contributed by atoms with Crippen molar-refractivity contribution in [2.45, 2.75) is 44.8 Å². The fourth-order valence-corrected chi connectivity index (χ4v) is 4.77. The highest BCUT2D eigenvalue weighted by atomic mass is 16.6. The van der Waals surface area contributed by atoms with Crippen LogP contribution in [0.5, 0.6) is 5.75 Å². The minimum atomic E-state index is -1.02. The summed E-state index contributed by atoms with van der Waals surface area (Å²) in [6.07, 6.45) is -0.606. The third kappa shape index (κ3) is 6.39. The Labute approximate surface area is 228 Å². The van der Waals surface area contributed by atoms with Gasteiger partial charge in [-0.2, -0.15) is 0 Å². The molecule has 0 fully saturated rings. The van der Waals surface area contributed by atoms with Crippen molar-refractivity contribution in [3.63, 3.8) is 0 Å². The van der Waals surface area contributed by atoms with Crippen LogP contribution < -0.4 is 15.4 Å². The lowest BCUT2D eigenvalue weighted by Crippen LogP contribution is -2.46. The average Bonchev–Trinajstić information content (AvgIpc) is 3.23. The number of methoxy groups -OCH3 is 1. The molecule has 8 heteroatoms. The van der Waals surface area contributed by atoms with Crippen molar-refractivity contribution in [1.82, 2.24) is 10.6 Å². The highest BCUT2D eigenvalue weighted by molar-refractivity contribution is 5.96. The first-order valence-corrected chi connectivity index (χ1v) is 12.8. The zero-order chi connectivity index (χ0) is 28.2. The topological polar surface area (TPSA) is 103 Å². The van der Waals surface area contributed by atoms with E-state index in [4.69, 9.17) is 14.2 Å². The third-order valence-corrected chi connectivity index (χ3v) is 6.50. The molecule has 204 valence electrons. The van der Waals surface area contributed by atoms with Crippen LogP contribution in [0.1, 0.15) is 53.7 Å². The van der Waals surface area contributed by atoms with Crippen molar-refractivity contribution in [2.75, 3.05) is 20.8 Å². The van der Waals surface area contributed by atoms with Crippen LogP contribution in [0.25, 0.3) is 11.1 Å². The first-order chi connectivity index (χ1) is 18.6. The molecule has 39 heavy (non-hydrogen) atoms. The molecule has 0 aliphatic heterocycles. The van der Waals surface area contributed by atoms with Gasteiger partial charge in [0.2, 0.25) is 0 Å². The molecule has 1 unspecified atom stereocenters. The molecule has 8 nitrogen and oxygen atoms in total. The van der Waals surface area contributed by atoms with Gasteiger partial charge in [-0.3, -0.25) is 4.79 Å². The van der Waals surface area contributed by atoms with E-state index in [1.807, 2.05) is 36.4 Å². The number of alkyl carbamates (subject to hydrolysis) is 1. The van der Waals surface area contributed by atoms with Gasteiger partial charge in [-0.25, -0.2) is 9.59 Å². The molecule has 0 bridgehead atoms. The molecule has 2 N–H and O–H groups in total. The van der Waals surface area contributed by atoms with Crippen molar-refractivity contribution in [3.8, 4) is 16.9 Å². The van der Waals surface area contributed by atoms with Crippen LogP contribution in [0.2, 0.25) is 0 Å². The van der Waals surface area contributed by atoms with Crippen LogP contribution in [0.4, 0.5) is 4.79 Å². The lowest BCUT2D eigenvalue weighted by molar-refractivity contribution is -0.157. The first-order valence-electron chi connectivity index (χ1n) is 12.8. The zero-order valence-electron chi connectivity index (χ0n) is 22.9. The Morgan fingerprint density at radius 3 is 2.10 bits per heavy atom. The molecule has 4 rings (SSSR count). The van der Waals surface area contributed by atoms with Crippen molar-refractivity contribution >= 4 is 18.0 Å². The van der Waals surface area contributed by atoms with E-state index in [0.717, 1.165) is 22.3 Å². The summed E-state index contributed by atoms with van der Waals surface area (Å²) < 4.78 is 16.6. The van der Waals surface area contributed by atoms with Gasteiger partial charge in [0.25, 0.3) is 5.91 Å². The summed E-state index contributed by atoms with van der Waals surface area (Å²) in [5.74, 6) is -0.634. The second-order valence-electron chi connectivity index (χ2n) is 10.4. The van der Waals surface area contributed by atoms with E-state index in [-0.39, 0.29) is 24.9 Å². The number of benzene rings is 3. The number of amides is 2. The van der Waals surface area contributed by atoms with Gasteiger partial charge in [0.1, 0.15) is 24.0 Å². The second kappa shape index (κ2) is 11.6. The first kappa shape index (κ1) is 27.7. The van der Waals surface area contributed by atoms with Gasteiger partial charge in [-0.05, 0) is 60.7 Å². The Hall–Kier alpha value is -4.33. The van der Waals surface area contributed by atoms with Crippen LogP contribution in [-0.4, -0.2) is 50.4 Å². The van der Waals surface area contributed by atoms with Crippen LogP contribution in [0, 0.1) is 0 Å². The van der Waals surface area contributed by atoms with Gasteiger partial charge < -0.3 is 24.8 Å². The summed E-state index contributed by atoms with van der Waals surface area (Å²) in [4.78, 5) is 38.2. The van der Waals surface area contributed by atoms with Crippen molar-refractivity contribution in [3.05, 3.63) is 89.0 Å². The second-order valence-corrected chi connectivity index (χ2v) is 10.4. The van der Waals surface area contributed by atoms with Crippen molar-refractivity contribution in [2.24, 2.45) is 0 Å². The predicted octanol–water partition coefficient (Wildman–Crippen LogP) is 4.85. The molecule has 0 spiro atoms. The normalized spacial score (nSPS) is 13.1. The van der Waals surface area contributed by atoms with E-state index >= 15 is 0 Å². The summed E-state index contributed by atoms with van der Waals surface area (Å²) >= 11 is 0. The Morgan fingerprint density at radius 2 is 1.54 bits per heavy atom. The average molecular weight is 531 g/mol. The molecule has 2 amide bonds.